The minimum Gasteiger partial charge on any atom is -0.383 e. The minimum atomic E-state index is 0.0912. The molecule has 4 nitrogen and oxygen atoms in total. The molecular formula is C14H24ClN3O. The number of halogens is 1. The van der Waals surface area contributed by atoms with E-state index >= 15 is 0 Å². The molecule has 0 saturated heterocycles. The molecule has 1 aromatic heterocycles. The van der Waals surface area contributed by atoms with E-state index in [9.17, 15) is 0 Å². The van der Waals surface area contributed by atoms with Crippen LogP contribution in [0.1, 0.15) is 43.8 Å². The Hall–Kier alpha value is -0.580. The summed E-state index contributed by atoms with van der Waals surface area (Å²) in [6.45, 7) is 2.32. The summed E-state index contributed by atoms with van der Waals surface area (Å²) in [5, 5.41) is 8.11. The Morgan fingerprint density at radius 2 is 2.32 bits per heavy atom. The maximum absolute atomic E-state index is 6.07. The number of rotatable bonds is 8. The number of methoxy groups -OCH3 is 1. The van der Waals surface area contributed by atoms with Crippen molar-refractivity contribution in [3.05, 3.63) is 18.0 Å². The molecule has 1 heterocycles. The van der Waals surface area contributed by atoms with Crippen molar-refractivity contribution in [1.82, 2.24) is 15.1 Å². The van der Waals surface area contributed by atoms with Crippen LogP contribution in [0.3, 0.4) is 0 Å². The molecule has 1 aromatic rings. The van der Waals surface area contributed by atoms with Gasteiger partial charge in [0, 0.05) is 19.9 Å². The van der Waals surface area contributed by atoms with Gasteiger partial charge in [0.15, 0.2) is 0 Å². The number of aromatic nitrogens is 2. The van der Waals surface area contributed by atoms with Crippen LogP contribution in [0.2, 0.25) is 0 Å². The fourth-order valence-corrected chi connectivity index (χ4v) is 2.82. The lowest BCUT2D eigenvalue weighted by atomic mass is 10.3. The van der Waals surface area contributed by atoms with Gasteiger partial charge in [-0.05, 0) is 31.9 Å². The highest BCUT2D eigenvalue weighted by Crippen LogP contribution is 2.28. The van der Waals surface area contributed by atoms with Gasteiger partial charge in [0.25, 0.3) is 0 Å². The minimum absolute atomic E-state index is 0.0912. The monoisotopic (exact) mass is 285 g/mol. The van der Waals surface area contributed by atoms with Crippen molar-refractivity contribution in [1.29, 1.82) is 0 Å². The van der Waals surface area contributed by atoms with Crippen LogP contribution in [-0.4, -0.2) is 35.4 Å². The molecule has 108 valence electrons. The predicted octanol–water partition coefficient (Wildman–Crippen LogP) is 2.73. The molecule has 1 N–H and O–H groups in total. The second-order valence-corrected chi connectivity index (χ2v) is 5.86. The second kappa shape index (κ2) is 7.88. The normalized spacial score (nSPS) is 18.0. The Morgan fingerprint density at radius 3 is 3.05 bits per heavy atom. The maximum Gasteiger partial charge on any atom is 0.0762 e. The summed E-state index contributed by atoms with van der Waals surface area (Å²) in [5.41, 5.74) is 1.12. The Balaban J connectivity index is 1.66. The van der Waals surface area contributed by atoms with Gasteiger partial charge in [-0.2, -0.15) is 5.10 Å². The molecule has 1 fully saturated rings. The molecule has 1 aliphatic carbocycles. The van der Waals surface area contributed by atoms with Crippen LogP contribution in [-0.2, 0) is 11.3 Å². The van der Waals surface area contributed by atoms with Gasteiger partial charge in [0.05, 0.1) is 23.7 Å². The van der Waals surface area contributed by atoms with E-state index in [0.717, 1.165) is 25.2 Å². The highest BCUT2D eigenvalue weighted by atomic mass is 35.5. The van der Waals surface area contributed by atoms with Crippen molar-refractivity contribution in [2.24, 2.45) is 0 Å². The van der Waals surface area contributed by atoms with E-state index < -0.39 is 0 Å². The summed E-state index contributed by atoms with van der Waals surface area (Å²) in [6, 6.07) is 2.74. The van der Waals surface area contributed by atoms with Crippen LogP contribution in [0, 0.1) is 0 Å². The van der Waals surface area contributed by atoms with Crippen LogP contribution < -0.4 is 5.32 Å². The molecule has 2 rings (SSSR count). The summed E-state index contributed by atoms with van der Waals surface area (Å²) in [7, 11) is 1.68. The van der Waals surface area contributed by atoms with Gasteiger partial charge in [0.2, 0.25) is 0 Å². The zero-order valence-corrected chi connectivity index (χ0v) is 12.4. The van der Waals surface area contributed by atoms with E-state index in [1.807, 2.05) is 0 Å². The highest BCUT2D eigenvalue weighted by molar-refractivity contribution is 6.20. The second-order valence-electron chi connectivity index (χ2n) is 5.24. The van der Waals surface area contributed by atoms with Crippen molar-refractivity contribution >= 4 is 11.6 Å². The zero-order valence-electron chi connectivity index (χ0n) is 11.6. The van der Waals surface area contributed by atoms with E-state index in [1.165, 1.54) is 25.7 Å². The zero-order chi connectivity index (χ0) is 13.5. The highest BCUT2D eigenvalue weighted by Gasteiger charge is 2.17. The van der Waals surface area contributed by atoms with E-state index in [4.69, 9.17) is 16.3 Å². The van der Waals surface area contributed by atoms with E-state index in [2.05, 4.69) is 27.4 Å². The number of nitrogens with one attached hydrogen (secondary N) is 1. The molecule has 19 heavy (non-hydrogen) atoms. The van der Waals surface area contributed by atoms with Crippen molar-refractivity contribution in [2.45, 2.75) is 50.1 Å². The first-order valence-electron chi connectivity index (χ1n) is 7.17. The van der Waals surface area contributed by atoms with Gasteiger partial charge in [-0.25, -0.2) is 0 Å². The quantitative estimate of drug-likeness (QED) is 0.590. The smallest absolute Gasteiger partial charge is 0.0762 e. The van der Waals surface area contributed by atoms with Crippen LogP contribution in [0.5, 0.6) is 0 Å². The van der Waals surface area contributed by atoms with Crippen molar-refractivity contribution in [3.8, 4) is 0 Å². The van der Waals surface area contributed by atoms with E-state index in [1.54, 1.807) is 7.11 Å². The molecule has 0 radical (unpaired) electrons. The predicted molar refractivity (Wildman–Crippen MR) is 77.6 cm³/mol. The molecule has 1 saturated carbocycles. The van der Waals surface area contributed by atoms with Crippen LogP contribution >= 0.6 is 11.6 Å². The molecule has 0 aliphatic heterocycles. The van der Waals surface area contributed by atoms with Gasteiger partial charge in [-0.15, -0.1) is 11.6 Å². The Kier molecular flexibility index (Phi) is 6.14. The third-order valence-electron chi connectivity index (χ3n) is 3.65. The summed E-state index contributed by atoms with van der Waals surface area (Å²) < 4.78 is 7.14. The number of alkyl halides is 1. The first kappa shape index (κ1) is 14.8. The lowest BCUT2D eigenvalue weighted by Crippen LogP contribution is -2.20. The fraction of sp³-hybridized carbons (Fsp3) is 0.786. The van der Waals surface area contributed by atoms with Crippen molar-refractivity contribution in [3.63, 3.8) is 0 Å². The lowest BCUT2D eigenvalue weighted by molar-refractivity contribution is 0.195. The Bertz CT molecular complexity index is 363. The summed E-state index contributed by atoms with van der Waals surface area (Å²) >= 11 is 6.07. The van der Waals surface area contributed by atoms with Gasteiger partial charge >= 0.3 is 0 Å². The van der Waals surface area contributed by atoms with Crippen molar-refractivity contribution in [2.75, 3.05) is 20.3 Å². The molecule has 0 amide bonds. The van der Waals surface area contributed by atoms with E-state index in [0.29, 0.717) is 12.6 Å². The number of ether oxygens (including phenoxy) is 1. The Labute approximate surface area is 120 Å². The average Bonchev–Trinajstić information content (AvgIpc) is 3.05. The SMILES string of the molecule is COCC(Cl)CCNCc1ccn(C2CCCC2)n1. The van der Waals surface area contributed by atoms with Crippen LogP contribution in [0.4, 0.5) is 0 Å². The molecule has 5 heteroatoms. The first-order valence-corrected chi connectivity index (χ1v) is 7.61. The van der Waals surface area contributed by atoms with Gasteiger partial charge in [0.1, 0.15) is 0 Å². The summed E-state index contributed by atoms with van der Waals surface area (Å²) in [6.07, 6.45) is 8.27. The molecule has 1 atom stereocenters. The van der Waals surface area contributed by atoms with Gasteiger partial charge < -0.3 is 10.1 Å². The molecule has 1 unspecified atom stereocenters. The molecule has 0 aromatic carbocycles. The number of hydrogen-bond acceptors (Lipinski definition) is 3. The standard InChI is InChI=1S/C14H24ClN3O/c1-19-11-12(15)6-8-16-10-13-7-9-18(17-13)14-4-2-3-5-14/h7,9,12,14,16H,2-6,8,10-11H2,1H3. The summed E-state index contributed by atoms with van der Waals surface area (Å²) in [4.78, 5) is 0. The summed E-state index contributed by atoms with van der Waals surface area (Å²) in [5.74, 6) is 0. The molecular weight excluding hydrogens is 262 g/mol. The topological polar surface area (TPSA) is 39.1 Å². The molecule has 0 spiro atoms. The largest absolute Gasteiger partial charge is 0.383 e. The molecule has 0 bridgehead atoms. The number of hydrogen-bond donors (Lipinski definition) is 1. The average molecular weight is 286 g/mol. The lowest BCUT2D eigenvalue weighted by Gasteiger charge is -2.09. The van der Waals surface area contributed by atoms with Crippen LogP contribution in [0.25, 0.3) is 0 Å². The Morgan fingerprint density at radius 1 is 1.53 bits per heavy atom. The maximum atomic E-state index is 6.07. The molecule has 1 aliphatic rings. The first-order chi connectivity index (χ1) is 9.29. The van der Waals surface area contributed by atoms with E-state index in [-0.39, 0.29) is 5.38 Å². The third-order valence-corrected chi connectivity index (χ3v) is 3.99. The van der Waals surface area contributed by atoms with Gasteiger partial charge in [-0.3, -0.25) is 4.68 Å². The number of nitrogens with zero attached hydrogens (tertiary/aromatic N) is 2. The van der Waals surface area contributed by atoms with Crippen LogP contribution in [0.15, 0.2) is 12.3 Å². The fourth-order valence-electron chi connectivity index (χ4n) is 2.58. The van der Waals surface area contributed by atoms with Crippen molar-refractivity contribution < 1.29 is 4.74 Å². The van der Waals surface area contributed by atoms with Gasteiger partial charge in [-0.1, -0.05) is 12.8 Å². The third kappa shape index (κ3) is 4.79.